The van der Waals surface area contributed by atoms with Crippen molar-refractivity contribution >= 4 is 5.97 Å². The van der Waals surface area contributed by atoms with Crippen LogP contribution >= 0.6 is 0 Å². The van der Waals surface area contributed by atoms with Crippen LogP contribution in [0.4, 0.5) is 4.39 Å². The molecule has 1 fully saturated rings. The van der Waals surface area contributed by atoms with Gasteiger partial charge in [0, 0.05) is 0 Å². The molecule has 0 heterocycles. The first kappa shape index (κ1) is 22.1. The number of halogens is 1. The molecule has 28 heavy (non-hydrogen) atoms. The average Bonchev–Trinajstić information content (AvgIpc) is 2.72. The molecule has 1 aromatic carbocycles. The van der Waals surface area contributed by atoms with E-state index in [1.807, 2.05) is 12.1 Å². The minimum absolute atomic E-state index is 0.0450. The molecule has 0 unspecified atom stereocenters. The summed E-state index contributed by atoms with van der Waals surface area (Å²) in [5, 5.41) is 8.42. The lowest BCUT2D eigenvalue weighted by Gasteiger charge is -2.26. The van der Waals surface area contributed by atoms with Gasteiger partial charge in [-0.2, -0.15) is 9.65 Å². The third-order valence-electron chi connectivity index (χ3n) is 5.65. The maximum atomic E-state index is 12.8. The predicted octanol–water partition coefficient (Wildman–Crippen LogP) is 6.68. The zero-order valence-corrected chi connectivity index (χ0v) is 17.0. The molecule has 1 aromatic rings. The minimum atomic E-state index is -0.704. The quantitative estimate of drug-likeness (QED) is 0.195. The third-order valence-corrected chi connectivity index (χ3v) is 5.65. The Morgan fingerprint density at radius 2 is 1.89 bits per heavy atom. The minimum Gasteiger partial charge on any atom is -0.426 e. The number of benzene rings is 1. The number of ether oxygens (including phenoxy) is 1. The highest BCUT2D eigenvalue weighted by molar-refractivity contribution is 5.75. The van der Waals surface area contributed by atoms with Crippen LogP contribution in [0.3, 0.4) is 0 Å². The highest BCUT2D eigenvalue weighted by Crippen LogP contribution is 2.32. The molecule has 0 atom stereocenters. The fraction of sp³-hybridized carbons (Fsp3) is 0.583. The van der Waals surface area contributed by atoms with Crippen molar-refractivity contribution < 1.29 is 13.9 Å². The normalized spacial score (nSPS) is 19.8. The summed E-state index contributed by atoms with van der Waals surface area (Å²) >= 11 is 0. The summed E-state index contributed by atoms with van der Waals surface area (Å²) in [6, 6.07) is 9.40. The molecule has 1 saturated carbocycles. The van der Waals surface area contributed by atoms with E-state index in [2.05, 4.69) is 19.1 Å². The summed E-state index contributed by atoms with van der Waals surface area (Å²) in [5.74, 6) is 0.241. The van der Waals surface area contributed by atoms with Crippen molar-refractivity contribution in [2.45, 2.75) is 77.6 Å². The molecular weight excluding hydrogens is 353 g/mol. The molecule has 0 amide bonds. The first-order valence-electron chi connectivity index (χ1n) is 10.7. The van der Waals surface area contributed by atoms with E-state index in [1.54, 1.807) is 0 Å². The molecule has 4 heteroatoms. The molecular formula is C24H32FNO2. The van der Waals surface area contributed by atoms with Gasteiger partial charge < -0.3 is 4.74 Å². The Hall–Kier alpha value is -2.15. The van der Waals surface area contributed by atoms with Crippen molar-refractivity contribution in [1.29, 1.82) is 5.26 Å². The maximum absolute atomic E-state index is 12.8. The molecule has 1 aliphatic carbocycles. The number of esters is 1. The molecule has 1 aliphatic rings. The van der Waals surface area contributed by atoms with Crippen molar-refractivity contribution in [2.75, 3.05) is 0 Å². The van der Waals surface area contributed by atoms with E-state index in [-0.39, 0.29) is 11.9 Å². The van der Waals surface area contributed by atoms with Crippen LogP contribution in [0.5, 0.6) is 5.75 Å². The van der Waals surface area contributed by atoms with Crippen molar-refractivity contribution in [3.05, 3.63) is 41.7 Å². The second kappa shape index (κ2) is 12.3. The molecule has 2 rings (SSSR count). The first-order valence-corrected chi connectivity index (χ1v) is 10.7. The Labute approximate surface area is 168 Å². The Morgan fingerprint density at radius 3 is 2.54 bits per heavy atom. The molecule has 0 aliphatic heterocycles. The van der Waals surface area contributed by atoms with E-state index >= 15 is 0 Å². The number of rotatable bonds is 10. The lowest BCUT2D eigenvalue weighted by Crippen LogP contribution is -2.25. The predicted molar refractivity (Wildman–Crippen MR) is 109 cm³/mol. The van der Waals surface area contributed by atoms with Gasteiger partial charge in [-0.05, 0) is 81.1 Å². The second-order valence-electron chi connectivity index (χ2n) is 7.83. The van der Waals surface area contributed by atoms with Crippen LogP contribution in [0, 0.1) is 23.2 Å². The molecule has 3 nitrogen and oxygen atoms in total. The van der Waals surface area contributed by atoms with E-state index in [0.29, 0.717) is 18.1 Å². The SMILES string of the molecule is CCCCCCc1ccc(OC(=O)C2CCC(CCC=C(F)C#N)CC2)cc1. The maximum Gasteiger partial charge on any atom is 0.314 e. The number of carbonyl (C=O) groups is 1. The van der Waals surface area contributed by atoms with Crippen molar-refractivity contribution in [1.82, 2.24) is 0 Å². The van der Waals surface area contributed by atoms with E-state index in [4.69, 9.17) is 10.00 Å². The van der Waals surface area contributed by atoms with Crippen LogP contribution in [0.1, 0.15) is 76.7 Å². The van der Waals surface area contributed by atoms with Crippen LogP contribution in [0.15, 0.2) is 36.2 Å². The van der Waals surface area contributed by atoms with Gasteiger partial charge in [-0.1, -0.05) is 38.3 Å². The molecule has 0 aromatic heterocycles. The number of unbranched alkanes of at least 4 members (excludes halogenated alkanes) is 3. The third kappa shape index (κ3) is 7.84. The van der Waals surface area contributed by atoms with Crippen LogP contribution < -0.4 is 4.74 Å². The zero-order valence-electron chi connectivity index (χ0n) is 17.0. The highest BCUT2D eigenvalue weighted by atomic mass is 19.1. The van der Waals surface area contributed by atoms with Crippen LogP contribution in [-0.4, -0.2) is 5.97 Å². The van der Waals surface area contributed by atoms with Gasteiger partial charge >= 0.3 is 5.97 Å². The van der Waals surface area contributed by atoms with Crippen LogP contribution in [-0.2, 0) is 11.2 Å². The lowest BCUT2D eigenvalue weighted by molar-refractivity contribution is -0.140. The Bertz CT molecular complexity index is 667. The van der Waals surface area contributed by atoms with Gasteiger partial charge in [0.25, 0.3) is 0 Å². The molecule has 152 valence electrons. The first-order chi connectivity index (χ1) is 13.6. The number of hydrogen-bond donors (Lipinski definition) is 0. The standard InChI is InChI=1S/C24H32FNO2/c1-2-3-4-5-7-19-12-16-23(17-13-19)28-24(27)21-14-10-20(11-15-21)8-6-9-22(25)18-26/h9,12-13,16-17,20-21H,2-8,10-11,14-15H2,1H3. The largest absolute Gasteiger partial charge is 0.426 e. The summed E-state index contributed by atoms with van der Waals surface area (Å²) < 4.78 is 18.4. The molecule has 0 saturated heterocycles. The molecule has 0 bridgehead atoms. The van der Waals surface area contributed by atoms with Crippen LogP contribution in [0.25, 0.3) is 0 Å². The van der Waals surface area contributed by atoms with Crippen molar-refractivity contribution in [2.24, 2.45) is 11.8 Å². The average molecular weight is 386 g/mol. The Kier molecular flexibility index (Phi) is 9.76. The van der Waals surface area contributed by atoms with Gasteiger partial charge in [-0.3, -0.25) is 4.79 Å². The summed E-state index contributed by atoms with van der Waals surface area (Å²) in [5.41, 5.74) is 1.29. The number of nitrogens with zero attached hydrogens (tertiary/aromatic N) is 1. The summed E-state index contributed by atoms with van der Waals surface area (Å²) in [6.07, 6.45) is 12.4. The van der Waals surface area contributed by atoms with E-state index in [1.165, 1.54) is 43.4 Å². The van der Waals surface area contributed by atoms with E-state index in [0.717, 1.165) is 38.5 Å². The van der Waals surface area contributed by atoms with E-state index < -0.39 is 5.83 Å². The van der Waals surface area contributed by atoms with Gasteiger partial charge in [0.2, 0.25) is 0 Å². The fourth-order valence-corrected chi connectivity index (χ4v) is 3.86. The van der Waals surface area contributed by atoms with E-state index in [9.17, 15) is 9.18 Å². The number of nitriles is 1. The summed E-state index contributed by atoms with van der Waals surface area (Å²) in [6.45, 7) is 2.21. The van der Waals surface area contributed by atoms with Gasteiger partial charge in [-0.15, -0.1) is 0 Å². The second-order valence-corrected chi connectivity index (χ2v) is 7.83. The lowest BCUT2D eigenvalue weighted by atomic mass is 9.80. The fourth-order valence-electron chi connectivity index (χ4n) is 3.86. The molecule has 0 spiro atoms. The number of hydrogen-bond acceptors (Lipinski definition) is 3. The smallest absolute Gasteiger partial charge is 0.314 e. The number of aryl methyl sites for hydroxylation is 1. The van der Waals surface area contributed by atoms with Gasteiger partial charge in [0.1, 0.15) is 11.8 Å². The topological polar surface area (TPSA) is 50.1 Å². The summed E-state index contributed by atoms with van der Waals surface area (Å²) in [4.78, 5) is 12.4. The zero-order chi connectivity index (χ0) is 20.2. The van der Waals surface area contributed by atoms with Crippen LogP contribution in [0.2, 0.25) is 0 Å². The van der Waals surface area contributed by atoms with Gasteiger partial charge in [0.05, 0.1) is 5.92 Å². The molecule has 0 radical (unpaired) electrons. The van der Waals surface area contributed by atoms with Crippen molar-refractivity contribution in [3.63, 3.8) is 0 Å². The Balaban J connectivity index is 1.70. The number of allylic oxidation sites excluding steroid dienone is 2. The van der Waals surface area contributed by atoms with Gasteiger partial charge in [0.15, 0.2) is 5.83 Å². The Morgan fingerprint density at radius 1 is 1.18 bits per heavy atom. The molecule has 0 N–H and O–H groups in total. The number of carbonyl (C=O) groups excluding carboxylic acids is 1. The van der Waals surface area contributed by atoms with Crippen molar-refractivity contribution in [3.8, 4) is 11.8 Å². The monoisotopic (exact) mass is 385 g/mol. The van der Waals surface area contributed by atoms with Gasteiger partial charge in [-0.25, -0.2) is 0 Å². The highest BCUT2D eigenvalue weighted by Gasteiger charge is 2.27. The summed E-state index contributed by atoms with van der Waals surface area (Å²) in [7, 11) is 0.